The highest BCUT2D eigenvalue weighted by Crippen LogP contribution is 2.42. The number of carbonyl (C=O) groups is 2. The summed E-state index contributed by atoms with van der Waals surface area (Å²) in [5.74, 6) is 1.17. The largest absolute Gasteiger partial charge is 0.347 e. The number of piperazine rings is 1. The number of thiophene rings is 1. The number of quaternary nitrogens is 2. The van der Waals surface area contributed by atoms with E-state index in [2.05, 4.69) is 16.8 Å². The Morgan fingerprint density at radius 3 is 2.55 bits per heavy atom. The molecule has 2 aliphatic heterocycles. The lowest BCUT2D eigenvalue weighted by Gasteiger charge is -2.36. The topological polar surface area (TPSA) is 58.3 Å². The van der Waals surface area contributed by atoms with Crippen LogP contribution in [0.2, 0.25) is 0 Å². The van der Waals surface area contributed by atoms with Gasteiger partial charge in [-0.05, 0) is 45.1 Å². The Labute approximate surface area is 178 Å². The first kappa shape index (κ1) is 20.8. The maximum Gasteiger partial charge on any atom is 0.278 e. The van der Waals surface area contributed by atoms with Gasteiger partial charge in [0, 0.05) is 28.3 Å². The van der Waals surface area contributed by atoms with E-state index in [1.807, 2.05) is 37.0 Å². The van der Waals surface area contributed by atoms with Crippen molar-refractivity contribution < 1.29 is 19.4 Å². The summed E-state index contributed by atoms with van der Waals surface area (Å²) in [6.07, 6.45) is 3.74. The predicted molar refractivity (Wildman–Crippen MR) is 114 cm³/mol. The Hall–Kier alpha value is -1.44. The van der Waals surface area contributed by atoms with Gasteiger partial charge in [-0.1, -0.05) is 0 Å². The molecule has 1 aromatic rings. The van der Waals surface area contributed by atoms with Gasteiger partial charge in [0.05, 0.1) is 32.7 Å². The third kappa shape index (κ3) is 5.19. The minimum atomic E-state index is -0.189. The normalized spacial score (nSPS) is 25.6. The zero-order chi connectivity index (χ0) is 20.6. The molecule has 6 nitrogen and oxygen atoms in total. The van der Waals surface area contributed by atoms with E-state index in [4.69, 9.17) is 0 Å². The van der Waals surface area contributed by atoms with Crippen LogP contribution in [0.5, 0.6) is 0 Å². The Morgan fingerprint density at radius 1 is 1.17 bits per heavy atom. The van der Waals surface area contributed by atoms with Crippen molar-refractivity contribution in [1.29, 1.82) is 0 Å². The summed E-state index contributed by atoms with van der Waals surface area (Å²) in [5.41, 5.74) is 1.33. The van der Waals surface area contributed by atoms with Crippen LogP contribution in [0.4, 0.5) is 0 Å². The van der Waals surface area contributed by atoms with Crippen LogP contribution in [-0.4, -0.2) is 68.1 Å². The molecule has 7 heteroatoms. The first-order chi connectivity index (χ1) is 13.8. The summed E-state index contributed by atoms with van der Waals surface area (Å²) >= 11 is 1.89. The molecule has 0 bridgehead atoms. The van der Waals surface area contributed by atoms with Crippen LogP contribution in [-0.2, 0) is 16.0 Å². The molecular formula is C22H36N4O2S+2. The number of hydrogen-bond acceptors (Lipinski definition) is 3. The van der Waals surface area contributed by atoms with Gasteiger partial charge in [-0.3, -0.25) is 9.59 Å². The van der Waals surface area contributed by atoms with E-state index >= 15 is 0 Å². The number of rotatable bonds is 5. The van der Waals surface area contributed by atoms with Gasteiger partial charge in [-0.25, -0.2) is 0 Å². The number of nitrogens with zero attached hydrogens (tertiary/aromatic N) is 1. The molecule has 0 aromatic carbocycles. The predicted octanol–water partition coefficient (Wildman–Crippen LogP) is -0.718. The maximum absolute atomic E-state index is 13.0. The van der Waals surface area contributed by atoms with Gasteiger partial charge in [-0.15, -0.1) is 11.3 Å². The molecule has 2 fully saturated rings. The molecule has 4 rings (SSSR count). The minimum absolute atomic E-state index is 0.101. The zero-order valence-electron chi connectivity index (χ0n) is 18.1. The Balaban J connectivity index is 1.28. The molecule has 1 aliphatic carbocycles. The van der Waals surface area contributed by atoms with Crippen LogP contribution in [0.15, 0.2) is 11.4 Å². The molecule has 1 saturated heterocycles. The second-order valence-corrected chi connectivity index (χ2v) is 11.1. The summed E-state index contributed by atoms with van der Waals surface area (Å²) in [5, 5.41) is 5.26. The average molecular weight is 421 g/mol. The zero-order valence-corrected chi connectivity index (χ0v) is 18.9. The van der Waals surface area contributed by atoms with Crippen molar-refractivity contribution in [2.45, 2.75) is 51.6 Å². The summed E-state index contributed by atoms with van der Waals surface area (Å²) in [6, 6.07) is 2.83. The van der Waals surface area contributed by atoms with Crippen LogP contribution < -0.4 is 15.1 Å². The molecule has 29 heavy (non-hydrogen) atoms. The first-order valence-corrected chi connectivity index (χ1v) is 12.0. The molecule has 3 N–H and O–H groups in total. The van der Waals surface area contributed by atoms with Crippen LogP contribution in [0, 0.1) is 5.92 Å². The van der Waals surface area contributed by atoms with Crippen LogP contribution in [0.25, 0.3) is 0 Å². The molecule has 0 radical (unpaired) electrons. The molecule has 160 valence electrons. The van der Waals surface area contributed by atoms with Crippen molar-refractivity contribution in [3.05, 3.63) is 21.9 Å². The summed E-state index contributed by atoms with van der Waals surface area (Å²) in [7, 11) is 0. The molecular weight excluding hydrogens is 384 g/mol. The van der Waals surface area contributed by atoms with Crippen molar-refractivity contribution in [1.82, 2.24) is 10.2 Å². The third-order valence-electron chi connectivity index (χ3n) is 6.45. The monoisotopic (exact) mass is 420 g/mol. The highest BCUT2D eigenvalue weighted by molar-refractivity contribution is 7.10. The van der Waals surface area contributed by atoms with Crippen molar-refractivity contribution in [2.24, 2.45) is 5.92 Å². The van der Waals surface area contributed by atoms with E-state index in [-0.39, 0.29) is 11.4 Å². The lowest BCUT2D eigenvalue weighted by atomic mass is 9.96. The smallest absolute Gasteiger partial charge is 0.278 e. The van der Waals surface area contributed by atoms with Gasteiger partial charge in [0.1, 0.15) is 6.04 Å². The Kier molecular flexibility index (Phi) is 6.00. The fraction of sp³-hybridized carbons (Fsp3) is 0.727. The number of nitrogens with one attached hydrogen (secondary N) is 3. The third-order valence-corrected chi connectivity index (χ3v) is 7.44. The number of fused-ring (bicyclic) bond motifs is 1. The average Bonchev–Trinajstić information content (AvgIpc) is 3.36. The first-order valence-electron chi connectivity index (χ1n) is 11.1. The van der Waals surface area contributed by atoms with Gasteiger partial charge in [0.25, 0.3) is 11.8 Å². The Morgan fingerprint density at radius 2 is 1.90 bits per heavy atom. The molecule has 3 heterocycles. The number of hydrogen-bond donors (Lipinski definition) is 3. The second kappa shape index (κ2) is 8.36. The molecule has 2 atom stereocenters. The summed E-state index contributed by atoms with van der Waals surface area (Å²) in [6.45, 7) is 11.5. The van der Waals surface area contributed by atoms with E-state index in [0.717, 1.165) is 45.1 Å². The maximum atomic E-state index is 13.0. The SMILES string of the molecule is CC(C)(C)NC(=O)C[NH+]1CCN(C(=O)C[NH+]2CCc3sccc3[C@H]2C2CC2)CC1. The molecule has 1 saturated carbocycles. The van der Waals surface area contributed by atoms with Crippen LogP contribution >= 0.6 is 11.3 Å². The van der Waals surface area contributed by atoms with Crippen LogP contribution in [0.3, 0.4) is 0 Å². The van der Waals surface area contributed by atoms with E-state index in [9.17, 15) is 9.59 Å². The molecule has 2 amide bonds. The highest BCUT2D eigenvalue weighted by Gasteiger charge is 2.44. The van der Waals surface area contributed by atoms with E-state index < -0.39 is 0 Å². The number of amides is 2. The van der Waals surface area contributed by atoms with Crippen molar-refractivity contribution in [3.8, 4) is 0 Å². The van der Waals surface area contributed by atoms with Gasteiger partial charge >= 0.3 is 0 Å². The lowest BCUT2D eigenvalue weighted by molar-refractivity contribution is -0.929. The van der Waals surface area contributed by atoms with E-state index in [0.29, 0.717) is 25.0 Å². The molecule has 1 unspecified atom stereocenters. The van der Waals surface area contributed by atoms with Crippen molar-refractivity contribution in [3.63, 3.8) is 0 Å². The van der Waals surface area contributed by atoms with Gasteiger partial charge < -0.3 is 20.0 Å². The standard InChI is InChI=1S/C22H34N4O2S/c1-22(2,3)23-19(27)14-24-9-11-25(12-10-24)20(28)15-26-8-6-18-17(7-13-29-18)21(26)16-4-5-16/h7,13,16,21H,4-6,8-12,14-15H2,1-3H3,(H,23,27)/p+2/t21-/m1/s1. The van der Waals surface area contributed by atoms with Crippen molar-refractivity contribution in [2.75, 3.05) is 45.8 Å². The van der Waals surface area contributed by atoms with Gasteiger partial charge in [0.15, 0.2) is 13.1 Å². The molecule has 0 spiro atoms. The van der Waals surface area contributed by atoms with Gasteiger partial charge in [-0.2, -0.15) is 0 Å². The van der Waals surface area contributed by atoms with E-state index in [1.54, 1.807) is 4.88 Å². The second-order valence-electron chi connectivity index (χ2n) is 10.1. The number of carbonyl (C=O) groups excluding carboxylic acids is 2. The highest BCUT2D eigenvalue weighted by atomic mass is 32.1. The van der Waals surface area contributed by atoms with E-state index in [1.165, 1.54) is 28.2 Å². The summed E-state index contributed by atoms with van der Waals surface area (Å²) in [4.78, 5) is 31.5. The quantitative estimate of drug-likeness (QED) is 0.589. The Bertz CT molecular complexity index is 744. The fourth-order valence-electron chi connectivity index (χ4n) is 4.94. The molecule has 1 aromatic heterocycles. The van der Waals surface area contributed by atoms with Crippen molar-refractivity contribution >= 4 is 23.2 Å². The molecule has 3 aliphatic rings. The lowest BCUT2D eigenvalue weighted by Crippen LogP contribution is -3.16. The van der Waals surface area contributed by atoms with Crippen LogP contribution in [0.1, 0.15) is 50.1 Å². The summed E-state index contributed by atoms with van der Waals surface area (Å²) < 4.78 is 0. The van der Waals surface area contributed by atoms with Gasteiger partial charge in [0.2, 0.25) is 0 Å². The fourth-order valence-corrected chi connectivity index (χ4v) is 5.87. The minimum Gasteiger partial charge on any atom is -0.347 e.